The summed E-state index contributed by atoms with van der Waals surface area (Å²) in [5.74, 6) is 0.0532. The number of nitrogens with two attached hydrogens (primary N) is 1. The fraction of sp³-hybridized carbons (Fsp3) is 0.267. The van der Waals surface area contributed by atoms with Crippen LogP contribution in [0.5, 0.6) is 0 Å². The van der Waals surface area contributed by atoms with Crippen LogP contribution in [-0.2, 0) is 4.79 Å². The largest absolute Gasteiger partial charge is 0.354 e. The number of amides is 1. The van der Waals surface area contributed by atoms with E-state index < -0.39 is 0 Å². The predicted molar refractivity (Wildman–Crippen MR) is 78.1 cm³/mol. The molecule has 0 radical (unpaired) electrons. The Hall–Kier alpha value is -1.65. The molecular weight excluding hydrogens is 256 g/mol. The van der Waals surface area contributed by atoms with Gasteiger partial charge in [-0.25, -0.2) is 0 Å². The Morgan fingerprint density at radius 1 is 1.21 bits per heavy atom. The molecule has 0 aliphatic carbocycles. The Morgan fingerprint density at radius 2 is 1.95 bits per heavy atom. The molecule has 0 saturated carbocycles. The van der Waals surface area contributed by atoms with Gasteiger partial charge in [0.25, 0.3) is 5.91 Å². The number of benzene rings is 1. The Morgan fingerprint density at radius 3 is 2.53 bits per heavy atom. The van der Waals surface area contributed by atoms with Crippen LogP contribution in [0.3, 0.4) is 0 Å². The van der Waals surface area contributed by atoms with E-state index in [9.17, 15) is 4.79 Å². The summed E-state index contributed by atoms with van der Waals surface area (Å²) in [6, 6.07) is 14.5. The van der Waals surface area contributed by atoms with E-state index in [-0.39, 0.29) is 18.0 Å². The predicted octanol–water partition coefficient (Wildman–Crippen LogP) is 1.54. The zero-order valence-electron chi connectivity index (χ0n) is 11.2. The van der Waals surface area contributed by atoms with Crippen molar-refractivity contribution in [3.8, 4) is 0 Å². The summed E-state index contributed by atoms with van der Waals surface area (Å²) in [5, 5.41) is 6.88. The van der Waals surface area contributed by atoms with Gasteiger partial charge in [-0.2, -0.15) is 0 Å². The standard InChI is InChI=1S/C15H18N2OS/c1-11(15(18)16-2)17-14(13-9-6-10-19-13)12-7-4-3-5-8-12/h3-11,14,17H,1-2H3,(H,16,18)/p+1/t11-,14-/m0/s1. The van der Waals surface area contributed by atoms with E-state index in [0.717, 1.165) is 0 Å². The van der Waals surface area contributed by atoms with Crippen LogP contribution in [0, 0.1) is 0 Å². The second-order valence-corrected chi connectivity index (χ2v) is 5.48. The van der Waals surface area contributed by atoms with Gasteiger partial charge < -0.3 is 10.6 Å². The van der Waals surface area contributed by atoms with Crippen molar-refractivity contribution in [2.24, 2.45) is 0 Å². The van der Waals surface area contributed by atoms with Gasteiger partial charge in [0.1, 0.15) is 6.04 Å². The van der Waals surface area contributed by atoms with Crippen LogP contribution in [0.2, 0.25) is 0 Å². The summed E-state index contributed by atoms with van der Waals surface area (Å²) < 4.78 is 0. The van der Waals surface area contributed by atoms with Crippen LogP contribution in [0.25, 0.3) is 0 Å². The van der Waals surface area contributed by atoms with E-state index in [1.165, 1.54) is 10.4 Å². The van der Waals surface area contributed by atoms with Gasteiger partial charge >= 0.3 is 0 Å². The minimum atomic E-state index is -0.114. The maximum Gasteiger partial charge on any atom is 0.277 e. The normalized spacial score (nSPS) is 13.8. The summed E-state index contributed by atoms with van der Waals surface area (Å²) in [6.45, 7) is 1.93. The van der Waals surface area contributed by atoms with Gasteiger partial charge in [-0.05, 0) is 18.4 Å². The molecule has 2 atom stereocenters. The molecule has 0 spiro atoms. The van der Waals surface area contributed by atoms with Gasteiger partial charge in [0.15, 0.2) is 6.04 Å². The van der Waals surface area contributed by atoms with E-state index in [4.69, 9.17) is 0 Å². The van der Waals surface area contributed by atoms with Gasteiger partial charge in [-0.3, -0.25) is 4.79 Å². The van der Waals surface area contributed by atoms with Crippen molar-refractivity contribution in [3.63, 3.8) is 0 Å². The maximum absolute atomic E-state index is 11.7. The smallest absolute Gasteiger partial charge is 0.277 e. The van der Waals surface area contributed by atoms with E-state index in [0.29, 0.717) is 0 Å². The second kappa shape index (κ2) is 6.50. The highest BCUT2D eigenvalue weighted by atomic mass is 32.1. The third-order valence-electron chi connectivity index (χ3n) is 3.15. The molecule has 0 unspecified atom stereocenters. The first-order chi connectivity index (χ1) is 9.22. The molecule has 1 aromatic carbocycles. The lowest BCUT2D eigenvalue weighted by atomic mass is 10.0. The first-order valence-electron chi connectivity index (χ1n) is 6.37. The molecule has 1 heterocycles. The van der Waals surface area contributed by atoms with Gasteiger partial charge in [0.05, 0.1) is 4.88 Å². The summed E-state index contributed by atoms with van der Waals surface area (Å²) >= 11 is 1.72. The minimum absolute atomic E-state index is 0.0532. The third kappa shape index (κ3) is 3.43. The highest BCUT2D eigenvalue weighted by Crippen LogP contribution is 2.22. The van der Waals surface area contributed by atoms with Crippen LogP contribution < -0.4 is 10.6 Å². The van der Waals surface area contributed by atoms with Crippen molar-refractivity contribution < 1.29 is 10.1 Å². The Balaban J connectivity index is 2.24. The Kier molecular flexibility index (Phi) is 4.71. The Bertz CT molecular complexity index is 510. The SMILES string of the molecule is CNC(=O)[C@H](C)[NH2+][C@@H](c1ccccc1)c1cccs1. The van der Waals surface area contributed by atoms with Crippen molar-refractivity contribution >= 4 is 17.2 Å². The van der Waals surface area contributed by atoms with E-state index in [2.05, 4.69) is 34.2 Å². The number of carbonyl (C=O) groups is 1. The highest BCUT2D eigenvalue weighted by Gasteiger charge is 2.24. The average molecular weight is 275 g/mol. The number of hydrogen-bond acceptors (Lipinski definition) is 2. The van der Waals surface area contributed by atoms with Gasteiger partial charge in [0, 0.05) is 12.6 Å². The quantitative estimate of drug-likeness (QED) is 0.854. The maximum atomic E-state index is 11.7. The second-order valence-electron chi connectivity index (χ2n) is 4.50. The highest BCUT2D eigenvalue weighted by molar-refractivity contribution is 7.10. The topological polar surface area (TPSA) is 45.7 Å². The molecule has 0 fully saturated rings. The molecule has 0 aliphatic rings. The molecule has 4 heteroatoms. The zero-order chi connectivity index (χ0) is 13.7. The first-order valence-corrected chi connectivity index (χ1v) is 7.25. The fourth-order valence-electron chi connectivity index (χ4n) is 2.10. The van der Waals surface area contributed by atoms with E-state index >= 15 is 0 Å². The number of hydrogen-bond donors (Lipinski definition) is 2. The minimum Gasteiger partial charge on any atom is -0.354 e. The number of carbonyl (C=O) groups excluding carboxylic acids is 1. The Labute approximate surface area is 117 Å². The molecule has 19 heavy (non-hydrogen) atoms. The van der Waals surface area contributed by atoms with Crippen molar-refractivity contribution in [2.45, 2.75) is 19.0 Å². The molecular formula is C15H19N2OS+. The number of quaternary nitrogens is 1. The summed E-state index contributed by atoms with van der Waals surface area (Å²) in [4.78, 5) is 13.0. The summed E-state index contributed by atoms with van der Waals surface area (Å²) in [5.41, 5.74) is 1.22. The number of thiophene rings is 1. The number of nitrogens with one attached hydrogen (secondary N) is 1. The lowest BCUT2D eigenvalue weighted by Gasteiger charge is -2.18. The van der Waals surface area contributed by atoms with Crippen molar-refractivity contribution in [1.29, 1.82) is 0 Å². The lowest BCUT2D eigenvalue weighted by molar-refractivity contribution is -0.704. The molecule has 2 aromatic rings. The number of likely N-dealkylation sites (N-methyl/N-ethyl adjacent to an activating group) is 1. The first kappa shape index (κ1) is 13.8. The molecule has 3 N–H and O–H groups in total. The number of rotatable bonds is 5. The van der Waals surface area contributed by atoms with Crippen LogP contribution in [0.1, 0.15) is 23.4 Å². The van der Waals surface area contributed by atoms with Gasteiger partial charge in [-0.1, -0.05) is 36.4 Å². The van der Waals surface area contributed by atoms with Crippen LogP contribution in [-0.4, -0.2) is 19.0 Å². The van der Waals surface area contributed by atoms with Gasteiger partial charge in [0.2, 0.25) is 0 Å². The zero-order valence-corrected chi connectivity index (χ0v) is 12.0. The van der Waals surface area contributed by atoms with Crippen LogP contribution >= 0.6 is 11.3 Å². The van der Waals surface area contributed by atoms with E-state index in [1.807, 2.05) is 31.2 Å². The van der Waals surface area contributed by atoms with Crippen molar-refractivity contribution in [1.82, 2.24) is 5.32 Å². The van der Waals surface area contributed by atoms with Gasteiger partial charge in [-0.15, -0.1) is 11.3 Å². The lowest BCUT2D eigenvalue weighted by Crippen LogP contribution is -2.92. The molecule has 1 amide bonds. The van der Waals surface area contributed by atoms with Crippen LogP contribution in [0.15, 0.2) is 47.8 Å². The summed E-state index contributed by atoms with van der Waals surface area (Å²) in [7, 11) is 1.68. The third-order valence-corrected chi connectivity index (χ3v) is 4.10. The molecule has 0 saturated heterocycles. The summed E-state index contributed by atoms with van der Waals surface area (Å²) in [6.07, 6.45) is 0. The average Bonchev–Trinajstić information content (AvgIpc) is 2.98. The monoisotopic (exact) mass is 275 g/mol. The molecule has 0 bridgehead atoms. The van der Waals surface area contributed by atoms with Crippen molar-refractivity contribution in [2.75, 3.05) is 7.05 Å². The van der Waals surface area contributed by atoms with Crippen LogP contribution in [0.4, 0.5) is 0 Å². The molecule has 0 aliphatic heterocycles. The molecule has 3 nitrogen and oxygen atoms in total. The van der Waals surface area contributed by atoms with E-state index in [1.54, 1.807) is 18.4 Å². The molecule has 100 valence electrons. The molecule has 1 aromatic heterocycles. The van der Waals surface area contributed by atoms with Crippen molar-refractivity contribution in [3.05, 3.63) is 58.3 Å². The molecule has 2 rings (SSSR count). The fourth-order valence-corrected chi connectivity index (χ4v) is 2.94.